The molecule has 4 rings (SSSR count). The molecule has 0 unspecified atom stereocenters. The van der Waals surface area contributed by atoms with Crippen LogP contribution in [-0.4, -0.2) is 18.5 Å². The maximum atomic E-state index is 12.4. The third kappa shape index (κ3) is 3.92. The van der Waals surface area contributed by atoms with Gasteiger partial charge in [-0.3, -0.25) is 9.59 Å². The van der Waals surface area contributed by atoms with Crippen LogP contribution < -0.4 is 14.8 Å². The van der Waals surface area contributed by atoms with Gasteiger partial charge in [0.25, 0.3) is 0 Å². The van der Waals surface area contributed by atoms with Crippen molar-refractivity contribution in [3.8, 4) is 11.5 Å². The summed E-state index contributed by atoms with van der Waals surface area (Å²) < 4.78 is 10.6. The maximum Gasteiger partial charge on any atom is 0.231 e. The van der Waals surface area contributed by atoms with Crippen molar-refractivity contribution in [2.75, 3.05) is 6.79 Å². The minimum Gasteiger partial charge on any atom is -0.454 e. The number of hydrogen-bond acceptors (Lipinski definition) is 4. The van der Waals surface area contributed by atoms with E-state index in [-0.39, 0.29) is 31.3 Å². The van der Waals surface area contributed by atoms with E-state index in [0.29, 0.717) is 23.6 Å². The van der Waals surface area contributed by atoms with E-state index in [9.17, 15) is 9.59 Å². The fraction of sp³-hybridized carbons (Fsp3) is 0.182. The van der Waals surface area contributed by atoms with Crippen LogP contribution in [0.1, 0.15) is 28.8 Å². The van der Waals surface area contributed by atoms with Gasteiger partial charge in [-0.15, -0.1) is 0 Å². The highest BCUT2D eigenvalue weighted by Gasteiger charge is 2.14. The van der Waals surface area contributed by atoms with Crippen LogP contribution in [0.5, 0.6) is 11.5 Å². The third-order valence-corrected chi connectivity index (χ3v) is 4.58. The van der Waals surface area contributed by atoms with Gasteiger partial charge in [-0.1, -0.05) is 42.5 Å². The summed E-state index contributed by atoms with van der Waals surface area (Å²) in [5, 5.41) is 4.96. The summed E-state index contributed by atoms with van der Waals surface area (Å²) in [6.45, 7) is 0.613. The topological polar surface area (TPSA) is 64.6 Å². The number of ether oxygens (including phenoxy) is 2. The molecule has 0 bridgehead atoms. The first-order valence-corrected chi connectivity index (χ1v) is 8.86. The number of fused-ring (bicyclic) bond motifs is 2. The predicted octanol–water partition coefficient (Wildman–Crippen LogP) is 3.85. The van der Waals surface area contributed by atoms with Gasteiger partial charge in [-0.25, -0.2) is 0 Å². The molecule has 0 atom stereocenters. The van der Waals surface area contributed by atoms with Crippen molar-refractivity contribution in [1.29, 1.82) is 0 Å². The average Bonchev–Trinajstić information content (AvgIpc) is 3.18. The van der Waals surface area contributed by atoms with E-state index in [2.05, 4.69) is 5.32 Å². The minimum atomic E-state index is -0.151. The van der Waals surface area contributed by atoms with Gasteiger partial charge in [0, 0.05) is 24.9 Å². The Morgan fingerprint density at radius 2 is 1.67 bits per heavy atom. The lowest BCUT2D eigenvalue weighted by Crippen LogP contribution is -2.23. The van der Waals surface area contributed by atoms with E-state index in [1.54, 1.807) is 0 Å². The molecule has 3 aromatic rings. The first-order chi connectivity index (χ1) is 13.2. The van der Waals surface area contributed by atoms with Gasteiger partial charge in [-0.2, -0.15) is 0 Å². The molecule has 1 aliphatic rings. The molecule has 0 fully saturated rings. The SMILES string of the molecule is O=C(CCC(=O)c1ccc2ccccc2c1)NCc1ccc2c(c1)OCO2. The minimum absolute atomic E-state index is 0.0287. The van der Waals surface area contributed by atoms with Crippen LogP contribution in [0.15, 0.2) is 60.7 Å². The van der Waals surface area contributed by atoms with Crippen LogP contribution in [0.3, 0.4) is 0 Å². The molecular weight excluding hydrogens is 342 g/mol. The number of hydrogen-bond donors (Lipinski definition) is 1. The highest BCUT2D eigenvalue weighted by atomic mass is 16.7. The van der Waals surface area contributed by atoms with Gasteiger partial charge >= 0.3 is 0 Å². The zero-order valence-electron chi connectivity index (χ0n) is 14.7. The number of ketones is 1. The molecule has 5 heteroatoms. The van der Waals surface area contributed by atoms with Crippen LogP contribution in [0.2, 0.25) is 0 Å². The number of benzene rings is 3. The maximum absolute atomic E-state index is 12.4. The van der Waals surface area contributed by atoms with Crippen molar-refractivity contribution >= 4 is 22.5 Å². The lowest BCUT2D eigenvalue weighted by Gasteiger charge is -2.07. The number of carbonyl (C=O) groups excluding carboxylic acids is 2. The van der Waals surface area contributed by atoms with E-state index in [1.165, 1.54) is 0 Å². The van der Waals surface area contributed by atoms with Crippen molar-refractivity contribution in [1.82, 2.24) is 5.32 Å². The smallest absolute Gasteiger partial charge is 0.231 e. The highest BCUT2D eigenvalue weighted by Crippen LogP contribution is 2.32. The van der Waals surface area contributed by atoms with Gasteiger partial charge < -0.3 is 14.8 Å². The molecule has 3 aromatic carbocycles. The van der Waals surface area contributed by atoms with Gasteiger partial charge in [0.05, 0.1) is 0 Å². The number of Topliss-reactive ketones (excluding diaryl/α,β-unsaturated/α-hetero) is 1. The Balaban J connectivity index is 1.30. The van der Waals surface area contributed by atoms with Gasteiger partial charge in [0.2, 0.25) is 12.7 Å². The molecule has 1 N–H and O–H groups in total. The average molecular weight is 361 g/mol. The van der Waals surface area contributed by atoms with E-state index in [0.717, 1.165) is 16.3 Å². The fourth-order valence-corrected chi connectivity index (χ4v) is 3.07. The molecular formula is C22H19NO4. The quantitative estimate of drug-likeness (QED) is 0.678. The molecule has 1 aliphatic heterocycles. The molecule has 0 aromatic heterocycles. The molecule has 0 spiro atoms. The first-order valence-electron chi connectivity index (χ1n) is 8.86. The Labute approximate surface area is 156 Å². The van der Waals surface area contributed by atoms with Crippen LogP contribution in [0.25, 0.3) is 10.8 Å². The standard InChI is InChI=1S/C22H19NO4/c24-19(18-7-6-16-3-1-2-4-17(16)12-18)8-10-22(25)23-13-15-5-9-20-21(11-15)27-14-26-20/h1-7,9,11-12H,8,10,13-14H2,(H,23,25). The lowest BCUT2D eigenvalue weighted by atomic mass is 10.0. The van der Waals surface area contributed by atoms with Crippen molar-refractivity contribution in [2.24, 2.45) is 0 Å². The summed E-state index contributed by atoms with van der Waals surface area (Å²) in [5.74, 6) is 1.22. The van der Waals surface area contributed by atoms with Crippen molar-refractivity contribution < 1.29 is 19.1 Å². The number of nitrogens with one attached hydrogen (secondary N) is 1. The van der Waals surface area contributed by atoms with Gasteiger partial charge in [0.15, 0.2) is 17.3 Å². The first kappa shape index (κ1) is 17.1. The molecule has 0 aliphatic carbocycles. The molecule has 0 saturated heterocycles. The Morgan fingerprint density at radius 3 is 2.56 bits per heavy atom. The van der Waals surface area contributed by atoms with Crippen LogP contribution in [-0.2, 0) is 11.3 Å². The Kier molecular flexibility index (Phi) is 4.75. The number of carbonyl (C=O) groups is 2. The molecule has 136 valence electrons. The van der Waals surface area contributed by atoms with Crippen LogP contribution in [0, 0.1) is 0 Å². The fourth-order valence-electron chi connectivity index (χ4n) is 3.07. The monoisotopic (exact) mass is 361 g/mol. The van der Waals surface area contributed by atoms with E-state index >= 15 is 0 Å². The molecule has 5 nitrogen and oxygen atoms in total. The summed E-state index contributed by atoms with van der Waals surface area (Å²) in [7, 11) is 0. The van der Waals surface area contributed by atoms with Crippen molar-refractivity contribution in [3.05, 3.63) is 71.8 Å². The van der Waals surface area contributed by atoms with E-state index in [4.69, 9.17) is 9.47 Å². The molecule has 0 radical (unpaired) electrons. The second kappa shape index (κ2) is 7.50. The van der Waals surface area contributed by atoms with Crippen LogP contribution in [0.4, 0.5) is 0 Å². The Hall–Kier alpha value is -3.34. The summed E-state index contributed by atoms with van der Waals surface area (Å²) in [5.41, 5.74) is 1.56. The number of rotatable bonds is 6. The summed E-state index contributed by atoms with van der Waals surface area (Å²) >= 11 is 0. The second-order valence-corrected chi connectivity index (χ2v) is 6.45. The highest BCUT2D eigenvalue weighted by molar-refractivity contribution is 6.01. The lowest BCUT2D eigenvalue weighted by molar-refractivity contribution is -0.121. The van der Waals surface area contributed by atoms with E-state index < -0.39 is 0 Å². The third-order valence-electron chi connectivity index (χ3n) is 4.58. The molecule has 27 heavy (non-hydrogen) atoms. The molecule has 0 saturated carbocycles. The summed E-state index contributed by atoms with van der Waals surface area (Å²) in [4.78, 5) is 24.5. The summed E-state index contributed by atoms with van der Waals surface area (Å²) in [6.07, 6.45) is 0.349. The zero-order chi connectivity index (χ0) is 18.6. The Morgan fingerprint density at radius 1 is 0.852 bits per heavy atom. The van der Waals surface area contributed by atoms with Crippen molar-refractivity contribution in [2.45, 2.75) is 19.4 Å². The molecule has 1 amide bonds. The normalized spacial score (nSPS) is 12.1. The summed E-state index contributed by atoms with van der Waals surface area (Å²) in [6, 6.07) is 19.1. The van der Waals surface area contributed by atoms with Gasteiger partial charge in [-0.05, 0) is 34.5 Å². The van der Waals surface area contributed by atoms with Crippen molar-refractivity contribution in [3.63, 3.8) is 0 Å². The predicted molar refractivity (Wildman–Crippen MR) is 102 cm³/mol. The number of amides is 1. The van der Waals surface area contributed by atoms with E-state index in [1.807, 2.05) is 60.7 Å². The zero-order valence-corrected chi connectivity index (χ0v) is 14.7. The van der Waals surface area contributed by atoms with Crippen LogP contribution >= 0.6 is 0 Å². The molecule has 1 heterocycles. The second-order valence-electron chi connectivity index (χ2n) is 6.45. The van der Waals surface area contributed by atoms with Gasteiger partial charge in [0.1, 0.15) is 0 Å². The Bertz CT molecular complexity index is 1010. The largest absolute Gasteiger partial charge is 0.454 e.